The van der Waals surface area contributed by atoms with E-state index in [2.05, 4.69) is 81.1 Å². The molecule has 1 atom stereocenters. The molecule has 5 aliphatic rings. The van der Waals surface area contributed by atoms with Gasteiger partial charge in [0, 0.05) is 110 Å². The number of fused-ring (bicyclic) bond motifs is 2. The second-order valence-corrected chi connectivity index (χ2v) is 18.6. The molecule has 5 heterocycles. The average molecular weight is 823 g/mol. The minimum atomic E-state index is -0.602. The lowest BCUT2D eigenvalue weighted by atomic mass is 9.49. The maximum Gasteiger partial charge on any atom is 0.255 e. The van der Waals surface area contributed by atoms with Crippen molar-refractivity contribution in [3.63, 3.8) is 0 Å². The Hall–Kier alpha value is -6.00. The van der Waals surface area contributed by atoms with Crippen molar-refractivity contribution < 1.29 is 23.9 Å². The first-order chi connectivity index (χ1) is 29.3. The van der Waals surface area contributed by atoms with E-state index in [9.17, 15) is 19.2 Å². The number of piperidine rings is 2. The number of amides is 4. The molecule has 1 saturated carbocycles. The molecule has 4 amide bonds. The van der Waals surface area contributed by atoms with Gasteiger partial charge >= 0.3 is 0 Å². The van der Waals surface area contributed by atoms with Crippen LogP contribution in [-0.4, -0.2) is 102 Å². The van der Waals surface area contributed by atoms with Crippen LogP contribution in [-0.2, 0) is 16.1 Å². The molecule has 13 heteroatoms. The van der Waals surface area contributed by atoms with Gasteiger partial charge in [0.15, 0.2) is 0 Å². The molecule has 9 rings (SSSR count). The quantitative estimate of drug-likeness (QED) is 0.150. The molecule has 0 radical (unpaired) electrons. The van der Waals surface area contributed by atoms with Crippen LogP contribution in [0.4, 0.5) is 17.1 Å². The van der Waals surface area contributed by atoms with Crippen molar-refractivity contribution in [3.05, 3.63) is 101 Å². The average Bonchev–Trinajstić information content (AvgIpc) is 3.59. The van der Waals surface area contributed by atoms with E-state index in [0.717, 1.165) is 81.0 Å². The highest BCUT2D eigenvalue weighted by molar-refractivity contribution is 6.05. The summed E-state index contributed by atoms with van der Waals surface area (Å²) in [6.07, 6.45) is 4.38. The third-order valence-electron chi connectivity index (χ3n) is 14.1. The third kappa shape index (κ3) is 7.45. The second kappa shape index (κ2) is 15.8. The summed E-state index contributed by atoms with van der Waals surface area (Å²) in [5.74, 6) is 0.438. The van der Waals surface area contributed by atoms with Gasteiger partial charge in [-0.05, 0) is 91.4 Å². The van der Waals surface area contributed by atoms with E-state index >= 15 is 0 Å². The molecule has 1 aliphatic carbocycles. The zero-order valence-corrected chi connectivity index (χ0v) is 35.4. The molecule has 4 aromatic rings. The fraction of sp³-hybridized carbons (Fsp3) is 0.458. The molecule has 4 fully saturated rings. The molecule has 0 bridgehead atoms. The number of benzene rings is 3. The topological polar surface area (TPSA) is 132 Å². The van der Waals surface area contributed by atoms with Crippen molar-refractivity contribution in [2.75, 3.05) is 55.6 Å². The van der Waals surface area contributed by atoms with Gasteiger partial charge < -0.3 is 24.8 Å². The van der Waals surface area contributed by atoms with E-state index in [4.69, 9.17) is 11.3 Å². The van der Waals surface area contributed by atoms with Crippen molar-refractivity contribution >= 4 is 51.6 Å². The number of imide groups is 1. The van der Waals surface area contributed by atoms with Crippen LogP contribution in [0.15, 0.2) is 72.9 Å². The van der Waals surface area contributed by atoms with Gasteiger partial charge in [-0.25, -0.2) is 4.85 Å². The Morgan fingerprint density at radius 3 is 2.30 bits per heavy atom. The summed E-state index contributed by atoms with van der Waals surface area (Å²) in [7, 11) is 0. The predicted molar refractivity (Wildman–Crippen MR) is 234 cm³/mol. The molecule has 3 aromatic carbocycles. The van der Waals surface area contributed by atoms with Gasteiger partial charge in [-0.1, -0.05) is 33.8 Å². The first kappa shape index (κ1) is 40.4. The van der Waals surface area contributed by atoms with Crippen LogP contribution in [0.3, 0.4) is 0 Å². The molecule has 2 N–H and O–H groups in total. The lowest BCUT2D eigenvalue weighted by Crippen LogP contribution is -2.74. The highest BCUT2D eigenvalue weighted by atomic mass is 16.5. The minimum Gasteiger partial charge on any atom is -0.489 e. The largest absolute Gasteiger partial charge is 0.489 e. The van der Waals surface area contributed by atoms with Gasteiger partial charge in [-0.15, -0.1) is 0 Å². The number of piperazine rings is 1. The van der Waals surface area contributed by atoms with Gasteiger partial charge in [0.25, 0.3) is 11.8 Å². The Kier molecular flexibility index (Phi) is 10.5. The summed E-state index contributed by atoms with van der Waals surface area (Å²) in [6, 6.07) is 20.7. The lowest BCUT2D eigenvalue weighted by Gasteiger charge is -2.63. The number of rotatable bonds is 9. The van der Waals surface area contributed by atoms with Crippen LogP contribution in [0.2, 0.25) is 0 Å². The Labute approximate surface area is 357 Å². The van der Waals surface area contributed by atoms with Crippen molar-refractivity contribution in [1.82, 2.24) is 25.4 Å². The van der Waals surface area contributed by atoms with Crippen molar-refractivity contribution in [2.24, 2.45) is 16.7 Å². The fourth-order valence-electron chi connectivity index (χ4n) is 11.0. The van der Waals surface area contributed by atoms with Gasteiger partial charge in [-0.3, -0.25) is 34.4 Å². The molecule has 1 aromatic heterocycles. The number of nitrogens with one attached hydrogen (secondary N) is 2. The molecule has 3 saturated heterocycles. The molecule has 0 unspecified atom stereocenters. The standard InChI is InChI=1S/C48H54N8O5/c1-47(2)45(48(3,4)46(47)61-39-16-14-37(49-5)41-36(39)7-6-20-50-41)52-42(58)31-8-10-33(11-9-31)54-21-18-30(19-22-54)28-53-23-25-55(26-24-53)34-12-13-35-32(27-34)29-56(44(35)60)38-15-17-40(57)51-43(38)59/h6-14,16,20,27,30,38,45-46H,15,17-19,21-26,28-29H2,1-4H3,(H,52,58)(H,51,57,59)/t38-,45?,46?/m0/s1. The minimum absolute atomic E-state index is 0.0892. The van der Waals surface area contributed by atoms with Crippen LogP contribution in [0.5, 0.6) is 5.75 Å². The summed E-state index contributed by atoms with van der Waals surface area (Å²) < 4.78 is 6.67. The fourth-order valence-corrected chi connectivity index (χ4v) is 11.0. The van der Waals surface area contributed by atoms with E-state index in [-0.39, 0.29) is 53.0 Å². The van der Waals surface area contributed by atoms with Crippen molar-refractivity contribution in [3.8, 4) is 5.75 Å². The first-order valence-electron chi connectivity index (χ1n) is 21.6. The highest BCUT2D eigenvalue weighted by Crippen LogP contribution is 2.56. The van der Waals surface area contributed by atoms with Gasteiger partial charge in [-0.2, -0.15) is 0 Å². The van der Waals surface area contributed by atoms with Gasteiger partial charge in [0.2, 0.25) is 17.5 Å². The maximum absolute atomic E-state index is 13.7. The first-order valence-corrected chi connectivity index (χ1v) is 21.6. The summed E-state index contributed by atoms with van der Waals surface area (Å²) in [5.41, 5.74) is 4.91. The van der Waals surface area contributed by atoms with Crippen LogP contribution < -0.4 is 25.2 Å². The van der Waals surface area contributed by atoms with Crippen LogP contribution in [0.25, 0.3) is 15.7 Å². The third-order valence-corrected chi connectivity index (χ3v) is 14.1. The number of nitrogens with zero attached hydrogens (tertiary/aromatic N) is 6. The molecule has 4 aliphatic heterocycles. The molecule has 61 heavy (non-hydrogen) atoms. The normalized spacial score (nSPS) is 23.9. The number of carbonyl (C=O) groups excluding carboxylic acids is 4. The van der Waals surface area contributed by atoms with Crippen molar-refractivity contribution in [1.29, 1.82) is 0 Å². The zero-order chi connectivity index (χ0) is 42.6. The second-order valence-electron chi connectivity index (χ2n) is 18.6. The Morgan fingerprint density at radius 1 is 0.885 bits per heavy atom. The van der Waals surface area contributed by atoms with Crippen molar-refractivity contribution in [2.45, 2.75) is 78.1 Å². The molecule has 0 spiro atoms. The Balaban J connectivity index is 0.733. The van der Waals surface area contributed by atoms with Crippen LogP contribution in [0, 0.1) is 23.3 Å². The molecule has 316 valence electrons. The van der Waals surface area contributed by atoms with Gasteiger partial charge in [0.1, 0.15) is 17.9 Å². The number of ether oxygens (including phenoxy) is 1. The smallest absolute Gasteiger partial charge is 0.255 e. The number of carbonyl (C=O) groups is 4. The summed E-state index contributed by atoms with van der Waals surface area (Å²) in [6.45, 7) is 23.3. The Morgan fingerprint density at radius 2 is 1.59 bits per heavy atom. The summed E-state index contributed by atoms with van der Waals surface area (Å²) >= 11 is 0. The monoisotopic (exact) mass is 822 g/mol. The summed E-state index contributed by atoms with van der Waals surface area (Å²) in [4.78, 5) is 68.0. The van der Waals surface area contributed by atoms with E-state index in [1.807, 2.05) is 42.5 Å². The highest BCUT2D eigenvalue weighted by Gasteiger charge is 2.64. The maximum atomic E-state index is 13.7. The molecular weight excluding hydrogens is 769 g/mol. The number of pyridine rings is 1. The van der Waals surface area contributed by atoms with E-state index in [0.29, 0.717) is 47.0 Å². The van der Waals surface area contributed by atoms with E-state index < -0.39 is 6.04 Å². The van der Waals surface area contributed by atoms with E-state index in [1.165, 1.54) is 0 Å². The molecular formula is C48H54N8O5. The van der Waals surface area contributed by atoms with Crippen LogP contribution >= 0.6 is 0 Å². The van der Waals surface area contributed by atoms with Crippen LogP contribution in [0.1, 0.15) is 79.7 Å². The number of hydrogen-bond donors (Lipinski definition) is 2. The SMILES string of the molecule is [C-]#[N+]c1ccc(OC2C(C)(C)C(NC(=O)c3ccc(N4CCC(CN5CCN(c6ccc7c(c6)CN([C@H]6CCC(=O)NC6=O)C7=O)CC5)CC4)cc3)C2(C)C)c2cccnc12. The number of anilines is 2. The predicted octanol–water partition coefficient (Wildman–Crippen LogP) is 6.20. The number of hydrogen-bond acceptors (Lipinski definition) is 9. The Bertz CT molecular complexity index is 2410. The zero-order valence-electron chi connectivity index (χ0n) is 35.4. The number of aromatic nitrogens is 1. The summed E-state index contributed by atoms with van der Waals surface area (Å²) in [5, 5.41) is 6.53. The molecule has 13 nitrogen and oxygen atoms in total. The van der Waals surface area contributed by atoms with E-state index in [1.54, 1.807) is 17.2 Å². The lowest BCUT2D eigenvalue weighted by molar-refractivity contribution is -0.163. The van der Waals surface area contributed by atoms with Gasteiger partial charge in [0.05, 0.1) is 12.1 Å².